The Morgan fingerprint density at radius 3 is 3.09 bits per heavy atom. The molecule has 0 aromatic carbocycles. The molecule has 0 fully saturated rings. The maximum absolute atomic E-state index is 10.2. The van der Waals surface area contributed by atoms with Crippen LogP contribution in [0.5, 0.6) is 0 Å². The second kappa shape index (κ2) is 4.31. The van der Waals surface area contributed by atoms with Crippen LogP contribution in [0.25, 0.3) is 6.08 Å². The summed E-state index contributed by atoms with van der Waals surface area (Å²) in [7, 11) is 0. The molecule has 0 N–H and O–H groups in total. The normalized spacial score (nSPS) is 10.6. The van der Waals surface area contributed by atoms with Gasteiger partial charge in [-0.3, -0.25) is 4.79 Å². The van der Waals surface area contributed by atoms with E-state index in [0.29, 0.717) is 10.8 Å². The monoisotopic (exact) mass is 185 g/mol. The molecule has 0 aliphatic heterocycles. The average molecular weight is 185 g/mol. The van der Waals surface area contributed by atoms with Crippen LogP contribution in [0.3, 0.4) is 0 Å². The highest BCUT2D eigenvalue weighted by molar-refractivity contribution is 7.80. The van der Waals surface area contributed by atoms with Crippen molar-refractivity contribution in [2.24, 2.45) is 0 Å². The summed E-state index contributed by atoms with van der Waals surface area (Å²) in [6.45, 7) is 0. The summed E-state index contributed by atoms with van der Waals surface area (Å²) in [6.07, 6.45) is 4.48. The largest absolute Gasteiger partial charge is 0.295 e. The number of carbonyl (C=O) groups excluding carboxylic acids is 1. The molecule has 1 rings (SSSR count). The summed E-state index contributed by atoms with van der Waals surface area (Å²) in [4.78, 5) is 14.2. The molecule has 0 atom stereocenters. The van der Waals surface area contributed by atoms with Crippen molar-refractivity contribution in [1.29, 1.82) is 0 Å². The van der Waals surface area contributed by atoms with E-state index in [4.69, 9.17) is 0 Å². The molecule has 0 aliphatic carbocycles. The summed E-state index contributed by atoms with van der Waals surface area (Å²) in [5.41, 5.74) is 0.825. The molecule has 0 unspecified atom stereocenters. The number of aldehydes is 1. The fourth-order valence-corrected chi connectivity index (χ4v) is 1.30. The van der Waals surface area contributed by atoms with Gasteiger partial charge in [0.05, 0.1) is 5.69 Å². The summed E-state index contributed by atoms with van der Waals surface area (Å²) >= 11 is 5.34. The lowest BCUT2D eigenvalue weighted by atomic mass is 10.4. The minimum absolute atomic E-state index is 0.517. The fourth-order valence-electron chi connectivity index (χ4n) is 0.605. The van der Waals surface area contributed by atoms with Crippen LogP contribution in [0.15, 0.2) is 11.5 Å². The van der Waals surface area contributed by atoms with E-state index in [1.165, 1.54) is 11.3 Å². The SMILES string of the molecule is O=Cc1nc(C=CCS)cs1. The van der Waals surface area contributed by atoms with E-state index in [0.717, 1.165) is 12.0 Å². The third kappa shape index (κ3) is 2.48. The molecule has 0 saturated heterocycles. The van der Waals surface area contributed by atoms with Gasteiger partial charge in [-0.2, -0.15) is 12.6 Å². The summed E-state index contributed by atoms with van der Waals surface area (Å²) < 4.78 is 0. The Kier molecular flexibility index (Phi) is 3.32. The van der Waals surface area contributed by atoms with E-state index in [-0.39, 0.29) is 0 Å². The van der Waals surface area contributed by atoms with Gasteiger partial charge in [-0.25, -0.2) is 4.98 Å². The van der Waals surface area contributed by atoms with Gasteiger partial charge in [0.2, 0.25) is 0 Å². The predicted molar refractivity (Wildman–Crippen MR) is 50.4 cm³/mol. The smallest absolute Gasteiger partial charge is 0.178 e. The van der Waals surface area contributed by atoms with Crippen LogP contribution < -0.4 is 0 Å². The van der Waals surface area contributed by atoms with Gasteiger partial charge >= 0.3 is 0 Å². The second-order valence-electron chi connectivity index (χ2n) is 1.81. The molecule has 11 heavy (non-hydrogen) atoms. The van der Waals surface area contributed by atoms with Crippen LogP contribution in [0, 0.1) is 0 Å². The third-order valence-electron chi connectivity index (χ3n) is 1.03. The lowest BCUT2D eigenvalue weighted by Crippen LogP contribution is -1.76. The predicted octanol–water partition coefficient (Wildman–Crippen LogP) is 1.90. The first-order valence-corrected chi connectivity index (χ1v) is 4.56. The summed E-state index contributed by atoms with van der Waals surface area (Å²) in [6, 6.07) is 0. The number of hydrogen-bond acceptors (Lipinski definition) is 4. The molecule has 0 aliphatic rings. The van der Waals surface area contributed by atoms with Gasteiger partial charge in [-0.1, -0.05) is 6.08 Å². The van der Waals surface area contributed by atoms with E-state index in [1.807, 2.05) is 17.5 Å². The topological polar surface area (TPSA) is 30.0 Å². The van der Waals surface area contributed by atoms with Gasteiger partial charge in [-0.05, 0) is 6.08 Å². The highest BCUT2D eigenvalue weighted by Gasteiger charge is 1.94. The van der Waals surface area contributed by atoms with Crippen molar-refractivity contribution in [2.45, 2.75) is 0 Å². The Labute approximate surface area is 74.4 Å². The molecule has 0 spiro atoms. The number of carbonyl (C=O) groups is 1. The molecular weight excluding hydrogens is 178 g/mol. The van der Waals surface area contributed by atoms with Gasteiger partial charge in [0.25, 0.3) is 0 Å². The molecular formula is C7H7NOS2. The Morgan fingerprint density at radius 1 is 1.73 bits per heavy atom. The maximum Gasteiger partial charge on any atom is 0.178 e. The third-order valence-corrected chi connectivity index (χ3v) is 2.03. The Balaban J connectivity index is 2.72. The number of aromatic nitrogens is 1. The van der Waals surface area contributed by atoms with Gasteiger partial charge in [0, 0.05) is 11.1 Å². The Morgan fingerprint density at radius 2 is 2.55 bits per heavy atom. The first-order valence-electron chi connectivity index (χ1n) is 3.05. The van der Waals surface area contributed by atoms with Crippen molar-refractivity contribution in [3.63, 3.8) is 0 Å². The van der Waals surface area contributed by atoms with Crippen LogP contribution >= 0.6 is 24.0 Å². The molecule has 4 heteroatoms. The quantitative estimate of drug-likeness (QED) is 0.576. The van der Waals surface area contributed by atoms with Crippen molar-refractivity contribution in [3.8, 4) is 0 Å². The standard InChI is InChI=1S/C7H7NOS2/c9-4-7-8-6(5-11-7)2-1-3-10/h1-2,4-5,10H,3H2. The number of hydrogen-bond donors (Lipinski definition) is 1. The van der Waals surface area contributed by atoms with E-state index < -0.39 is 0 Å². The Bertz CT molecular complexity index is 267. The minimum Gasteiger partial charge on any atom is -0.295 e. The number of thiol groups is 1. The van der Waals surface area contributed by atoms with Crippen LogP contribution in [0.4, 0.5) is 0 Å². The Hall–Kier alpha value is -0.610. The van der Waals surface area contributed by atoms with Crippen molar-refractivity contribution in [2.75, 3.05) is 5.75 Å². The molecule has 0 amide bonds. The second-order valence-corrected chi connectivity index (χ2v) is 3.07. The zero-order chi connectivity index (χ0) is 8.10. The van der Waals surface area contributed by atoms with Gasteiger partial charge < -0.3 is 0 Å². The van der Waals surface area contributed by atoms with Crippen LogP contribution in [0.2, 0.25) is 0 Å². The number of thiazole rings is 1. The molecule has 0 saturated carbocycles. The van der Waals surface area contributed by atoms with Gasteiger partial charge in [-0.15, -0.1) is 11.3 Å². The van der Waals surface area contributed by atoms with Gasteiger partial charge in [0.15, 0.2) is 11.3 Å². The van der Waals surface area contributed by atoms with Crippen LogP contribution in [-0.2, 0) is 0 Å². The van der Waals surface area contributed by atoms with Crippen LogP contribution in [-0.4, -0.2) is 17.0 Å². The highest BCUT2D eigenvalue weighted by Crippen LogP contribution is 2.08. The van der Waals surface area contributed by atoms with E-state index in [1.54, 1.807) is 0 Å². The molecule has 2 nitrogen and oxygen atoms in total. The molecule has 1 aromatic heterocycles. The van der Waals surface area contributed by atoms with E-state index in [2.05, 4.69) is 17.6 Å². The molecule has 0 radical (unpaired) electrons. The fraction of sp³-hybridized carbons (Fsp3) is 0.143. The molecule has 0 bridgehead atoms. The number of nitrogens with zero attached hydrogens (tertiary/aromatic N) is 1. The van der Waals surface area contributed by atoms with Crippen molar-refractivity contribution >= 4 is 36.3 Å². The number of rotatable bonds is 3. The molecule has 1 aromatic rings. The highest BCUT2D eigenvalue weighted by atomic mass is 32.1. The van der Waals surface area contributed by atoms with Crippen molar-refractivity contribution < 1.29 is 4.79 Å². The average Bonchev–Trinajstić information content (AvgIpc) is 2.48. The molecule has 58 valence electrons. The van der Waals surface area contributed by atoms with Crippen molar-refractivity contribution in [1.82, 2.24) is 4.98 Å². The lowest BCUT2D eigenvalue weighted by Gasteiger charge is -1.79. The maximum atomic E-state index is 10.2. The zero-order valence-corrected chi connectivity index (χ0v) is 7.44. The van der Waals surface area contributed by atoms with Crippen LogP contribution in [0.1, 0.15) is 15.5 Å². The first-order chi connectivity index (χ1) is 5.36. The summed E-state index contributed by atoms with van der Waals surface area (Å²) in [5, 5.41) is 2.35. The zero-order valence-electron chi connectivity index (χ0n) is 5.73. The first kappa shape index (κ1) is 8.49. The van der Waals surface area contributed by atoms with Crippen molar-refractivity contribution in [3.05, 3.63) is 22.2 Å². The molecule has 1 heterocycles. The lowest BCUT2D eigenvalue weighted by molar-refractivity contribution is 0.112. The summed E-state index contributed by atoms with van der Waals surface area (Å²) in [5.74, 6) is 0.688. The van der Waals surface area contributed by atoms with E-state index >= 15 is 0 Å². The van der Waals surface area contributed by atoms with E-state index in [9.17, 15) is 4.79 Å². The van der Waals surface area contributed by atoms with Gasteiger partial charge in [0.1, 0.15) is 0 Å². The minimum atomic E-state index is 0.517.